The number of nitrogens with zero attached hydrogens (tertiary/aromatic N) is 17. The summed E-state index contributed by atoms with van der Waals surface area (Å²) in [6, 6.07) is 18.3. The van der Waals surface area contributed by atoms with Crippen LogP contribution < -0.4 is 24.8 Å². The van der Waals surface area contributed by atoms with Crippen LogP contribution in [0.4, 0.5) is 79.6 Å². The van der Waals surface area contributed by atoms with Crippen molar-refractivity contribution in [3.05, 3.63) is 155 Å². The normalized spacial score (nSPS) is 14.7. The number of carbonyl (C=O) groups excluding carboxylic acids is 3. The van der Waals surface area contributed by atoms with Gasteiger partial charge in [0.15, 0.2) is 34.8 Å². The van der Waals surface area contributed by atoms with E-state index in [4.69, 9.17) is 20.0 Å². The highest BCUT2D eigenvalue weighted by molar-refractivity contribution is 7.95. The molecule has 3 amide bonds. The number of amides is 3. The standard InChI is InChI=1S/C38H33N9O22S4.C33H23N9O19S4/c1-17(50)39-19-2-7-22(28(14-19)72(60,61)62)40-43-31-27(70-69-68-56)12-18-13-29(73(63,64)65)32(36(52)30(18)35(31)51)44-41-23-15-26(67-11-9-49)24(16-25(23)66-10-8-48)42-45-33-34(38(54)55)46-47(37(33)53)20-3-5-21(6-4-20)71(57,58)59;1-14-27(32(45)41(40-14)18-4-6-19(7-5-18)63(51,52)53)37-35-17-2-8-21(24(13-17)64(54,55)56)36-39-29-25(65(57,58)59)11-15-10-23(62-61-60-50)28(30(43)26(15)31(29)44)38-34-16-3-9-22(42(48)49)20(12-16)33(46)47/h2-7,12-16,33,48-49,51-52,56H,8-11H2,1H3,(H,39,50)(H,54,55)(H,57,58,59)(H,60,61,62)(H,63,64,65);2-13,27,43-44,50H,1H3,(H,46,47)(H,51,52,53)(H,54,55,56)(H,57,58,59). The number of aliphatic carboxylic acids is 1. The summed E-state index contributed by atoms with van der Waals surface area (Å²) >= 11 is 0.229. The van der Waals surface area contributed by atoms with Gasteiger partial charge in [-0.05, 0) is 139 Å². The first-order valence-corrected chi connectivity index (χ1v) is 46.6. The molecule has 0 radical (unpaired) electrons. The Hall–Kier alpha value is -15.0. The molecule has 2 aliphatic rings. The fourth-order valence-electron chi connectivity index (χ4n) is 12.0. The maximum absolute atomic E-state index is 13.5. The summed E-state index contributed by atoms with van der Waals surface area (Å²) in [7, 11) is -30.3. The molecule has 10 aromatic carbocycles. The summed E-state index contributed by atoms with van der Waals surface area (Å²) in [6.45, 7) is 0.286. The fraction of sp³-hybridized carbons (Fsp3) is 0.113. The quantitative estimate of drug-likeness (QED) is 0.00433. The molecule has 2 unspecified atom stereocenters. The minimum atomic E-state index is -5.40. The van der Waals surface area contributed by atoms with Gasteiger partial charge in [0.2, 0.25) is 11.9 Å². The van der Waals surface area contributed by atoms with E-state index in [2.05, 4.69) is 95.6 Å². The molecule has 2 atom stereocenters. The molecule has 17 N–H and O–H groups in total. The number of aliphatic hydroxyl groups is 2. The van der Waals surface area contributed by atoms with E-state index < -0.39 is 275 Å². The van der Waals surface area contributed by atoms with E-state index in [1.165, 1.54) is 25.1 Å². The lowest BCUT2D eigenvalue weighted by Gasteiger charge is -2.14. The van der Waals surface area contributed by atoms with E-state index in [0.29, 0.717) is 23.2 Å². The number of aliphatic hydroxyl groups excluding tert-OH is 2. The third kappa shape index (κ3) is 23.9. The highest BCUT2D eigenvalue weighted by Gasteiger charge is 2.42. The fourth-order valence-corrected chi connectivity index (χ4v) is 16.5. The van der Waals surface area contributed by atoms with Crippen LogP contribution in [0.3, 0.4) is 0 Å². The molecule has 0 spiro atoms. The van der Waals surface area contributed by atoms with Gasteiger partial charge in [0.1, 0.15) is 95.4 Å². The van der Waals surface area contributed by atoms with Crippen molar-refractivity contribution < 1.29 is 186 Å². The number of carboxylic acids is 2. The highest BCUT2D eigenvalue weighted by atomic mass is 32.2. The van der Waals surface area contributed by atoms with E-state index in [0.717, 1.165) is 115 Å². The van der Waals surface area contributed by atoms with Crippen molar-refractivity contribution in [2.24, 2.45) is 71.6 Å². The monoisotopic (exact) mass is 2070 g/mol. The molecule has 12 rings (SSSR count). The zero-order chi connectivity index (χ0) is 101. The molecule has 2 aliphatic heterocycles. The number of aromatic carboxylic acids is 1. The summed E-state index contributed by atoms with van der Waals surface area (Å²) in [6.07, 6.45) is 0. The van der Waals surface area contributed by atoms with Crippen molar-refractivity contribution in [1.82, 2.24) is 0 Å². The zero-order valence-corrected chi connectivity index (χ0v) is 74.5. The molecule has 0 bridgehead atoms. The number of carboxylic acid groups (broad SMARTS) is 2. The van der Waals surface area contributed by atoms with Crippen LogP contribution in [0.1, 0.15) is 24.2 Å². The Labute approximate surface area is 776 Å². The van der Waals surface area contributed by atoms with Crippen molar-refractivity contribution in [3.63, 3.8) is 0 Å². The van der Waals surface area contributed by atoms with E-state index in [-0.39, 0.29) is 74.6 Å². The topological polar surface area (TPSA) is 904 Å². The van der Waals surface area contributed by atoms with Crippen molar-refractivity contribution >= 4 is 227 Å². The van der Waals surface area contributed by atoms with Gasteiger partial charge in [-0.15, -0.1) is 44.5 Å². The Morgan fingerprint density at radius 3 is 1.30 bits per heavy atom. The van der Waals surface area contributed by atoms with Gasteiger partial charge in [-0.2, -0.15) is 96.3 Å². The number of hydrogen-bond acceptors (Lipinski definition) is 49. The second-order valence-corrected chi connectivity index (χ2v) is 36.7. The van der Waals surface area contributed by atoms with E-state index in [9.17, 15) is 153 Å². The second-order valence-electron chi connectivity index (χ2n) is 26.9. The molecular formula is C71H56N18O41S8. The second kappa shape index (κ2) is 42.1. The van der Waals surface area contributed by atoms with Crippen LogP contribution in [0.2, 0.25) is 0 Å². The van der Waals surface area contributed by atoms with Gasteiger partial charge in [-0.25, -0.2) is 20.1 Å². The van der Waals surface area contributed by atoms with Crippen LogP contribution in [0.15, 0.2) is 250 Å². The Balaban J connectivity index is 0.000000266. The molecule has 0 aromatic heterocycles. The lowest BCUT2D eigenvalue weighted by Crippen LogP contribution is -2.33. The number of carbonyl (C=O) groups is 5. The first kappa shape index (κ1) is 104. The van der Waals surface area contributed by atoms with E-state index >= 15 is 0 Å². The third-order valence-electron chi connectivity index (χ3n) is 17.9. The molecule has 67 heteroatoms. The number of phenols is 4. The Kier molecular flexibility index (Phi) is 31.6. The maximum atomic E-state index is 13.5. The smallest absolute Gasteiger partial charge is 0.355 e. The summed E-state index contributed by atoms with van der Waals surface area (Å²) in [5, 5.41) is 175. The van der Waals surface area contributed by atoms with Crippen LogP contribution in [-0.2, 0) is 98.6 Å². The summed E-state index contributed by atoms with van der Waals surface area (Å²) < 4.78 is 225. The average Bonchev–Trinajstić information content (AvgIpc) is 1.03. The van der Waals surface area contributed by atoms with Crippen molar-refractivity contribution in [1.29, 1.82) is 0 Å². The first-order valence-electron chi connectivity index (χ1n) is 36.5. The number of nitro benzene ring substituents is 1. The number of aromatic hydroxyl groups is 4. The predicted octanol–water partition coefficient (Wildman–Crippen LogP) is 11.6. The van der Waals surface area contributed by atoms with Gasteiger partial charge >= 0.3 is 11.9 Å². The summed E-state index contributed by atoms with van der Waals surface area (Å²) in [5.41, 5.74) is -8.88. The van der Waals surface area contributed by atoms with Crippen LogP contribution in [0, 0.1) is 10.1 Å². The first-order chi connectivity index (χ1) is 64.8. The van der Waals surface area contributed by atoms with Gasteiger partial charge in [-0.1, -0.05) is 10.1 Å². The van der Waals surface area contributed by atoms with E-state index in [1.807, 2.05) is 0 Å². The van der Waals surface area contributed by atoms with Crippen LogP contribution in [-0.4, -0.2) is 214 Å². The number of rotatable bonds is 36. The number of azo groups is 6. The zero-order valence-electron chi connectivity index (χ0n) is 68.0. The van der Waals surface area contributed by atoms with Gasteiger partial charge in [0.05, 0.1) is 101 Å². The number of phenolic OH excluding ortho intramolecular Hbond substituents is 4. The number of nitrogens with one attached hydrogen (secondary N) is 1. The Bertz CT molecular complexity index is 7710. The molecule has 0 saturated carbocycles. The molecule has 0 fully saturated rings. The van der Waals surface area contributed by atoms with Crippen LogP contribution in [0.25, 0.3) is 21.5 Å². The number of nitro groups is 1. The molecule has 59 nitrogen and oxygen atoms in total. The summed E-state index contributed by atoms with van der Waals surface area (Å²) in [5.74, 6) is -11.3. The minimum absolute atomic E-state index is 0.0856. The molecule has 724 valence electrons. The Morgan fingerprint density at radius 1 is 0.464 bits per heavy atom. The lowest BCUT2D eigenvalue weighted by molar-refractivity contribution is -0.432. The largest absolute Gasteiger partial charge is 0.505 e. The molecule has 0 saturated heterocycles. The number of anilines is 3. The molecule has 10 aromatic rings. The average molecular weight is 2070 g/mol. The number of hydrogen-bond donors (Lipinski definition) is 17. The minimum Gasteiger partial charge on any atom is -0.505 e. The lowest BCUT2D eigenvalue weighted by atomic mass is 10.1. The molecule has 2 heterocycles. The molecule has 0 aliphatic carbocycles. The van der Waals surface area contributed by atoms with Crippen LogP contribution >= 0.6 is 24.1 Å². The van der Waals surface area contributed by atoms with Gasteiger partial charge in [-0.3, -0.25) is 51.8 Å². The number of fused-ring (bicyclic) bond motifs is 2. The van der Waals surface area contributed by atoms with Crippen LogP contribution in [0.5, 0.6) is 34.5 Å². The predicted molar refractivity (Wildman–Crippen MR) is 463 cm³/mol. The maximum Gasteiger partial charge on any atom is 0.355 e. The SMILES string of the molecule is CC(=O)Nc1ccc(N=Nc2c(SOOO)cc3cc(S(=O)(=O)O)c(N=Nc4cc(OCCO)c(N=NC5C(=O)N(c6ccc(S(=O)(=O)O)cc6)N=C5C(=O)O)cc4OCCO)c(O)c3c2O)c(S(=O)(=O)O)c1.CC1=NN(c2ccc(S(=O)(=O)O)cc2)C(=O)C1N=Nc1ccc(N=Nc2c(S(=O)(=O)O)cc3cc(SOOO)c(N=Nc4ccc([N+](=O)[O-])c(C(=O)O)c4)c(O)c3c2O)c(S(=O)(=O)O)c1. The van der Waals surface area contributed by atoms with Gasteiger partial charge < -0.3 is 55.6 Å². The van der Waals surface area contributed by atoms with Gasteiger partial charge in [0, 0.05) is 30.8 Å². The molecular weight excluding hydrogens is 2020 g/mol. The molecule has 138 heavy (non-hydrogen) atoms. The number of benzene rings is 10. The van der Waals surface area contributed by atoms with E-state index in [1.54, 1.807) is 0 Å². The van der Waals surface area contributed by atoms with Crippen molar-refractivity contribution in [2.45, 2.75) is 65.1 Å². The number of hydrazone groups is 2. The third-order valence-corrected chi connectivity index (χ3v) is 24.4. The van der Waals surface area contributed by atoms with Gasteiger partial charge in [0.25, 0.3) is 78.2 Å². The van der Waals surface area contributed by atoms with Crippen molar-refractivity contribution in [3.8, 4) is 34.5 Å². The Morgan fingerprint density at radius 2 is 0.870 bits per heavy atom. The number of ether oxygens (including phenoxy) is 2. The van der Waals surface area contributed by atoms with Crippen molar-refractivity contribution in [2.75, 3.05) is 41.8 Å². The summed E-state index contributed by atoms with van der Waals surface area (Å²) in [4.78, 5) is 66.2. The highest BCUT2D eigenvalue weighted by Crippen LogP contribution is 2.55.